The van der Waals surface area contributed by atoms with E-state index < -0.39 is 5.79 Å². The topological polar surface area (TPSA) is 42.2 Å². The molecule has 3 nitrogen and oxygen atoms in total. The molecule has 0 saturated carbocycles. The van der Waals surface area contributed by atoms with Gasteiger partial charge in [0.25, 0.3) is 0 Å². The zero-order valence-corrected chi connectivity index (χ0v) is 11.9. The van der Waals surface area contributed by atoms with E-state index >= 15 is 0 Å². The van der Waals surface area contributed by atoms with Crippen molar-refractivity contribution in [1.29, 1.82) is 5.26 Å². The van der Waals surface area contributed by atoms with Gasteiger partial charge in [0, 0.05) is 12.0 Å². The first-order chi connectivity index (χ1) is 8.95. The van der Waals surface area contributed by atoms with E-state index in [0.717, 1.165) is 18.4 Å². The monoisotopic (exact) mass is 259 g/mol. The summed E-state index contributed by atoms with van der Waals surface area (Å²) in [5.74, 6) is -0.624. The maximum absolute atomic E-state index is 8.86. The van der Waals surface area contributed by atoms with Gasteiger partial charge in [-0.2, -0.15) is 5.26 Å². The fourth-order valence-electron chi connectivity index (χ4n) is 2.25. The van der Waals surface area contributed by atoms with Crippen LogP contribution in [0.4, 0.5) is 0 Å². The van der Waals surface area contributed by atoms with Crippen molar-refractivity contribution in [3.05, 3.63) is 35.4 Å². The van der Waals surface area contributed by atoms with Crippen molar-refractivity contribution in [3.63, 3.8) is 0 Å². The van der Waals surface area contributed by atoms with Crippen LogP contribution < -0.4 is 0 Å². The highest BCUT2D eigenvalue weighted by atomic mass is 16.7. The molecule has 0 aliphatic carbocycles. The Hall–Kier alpha value is -1.37. The van der Waals surface area contributed by atoms with Crippen LogP contribution in [-0.2, 0) is 15.3 Å². The first-order valence-corrected chi connectivity index (χ1v) is 6.74. The van der Waals surface area contributed by atoms with Gasteiger partial charge < -0.3 is 9.47 Å². The maximum atomic E-state index is 8.86. The van der Waals surface area contributed by atoms with Gasteiger partial charge in [0.15, 0.2) is 5.79 Å². The molecule has 1 aliphatic heterocycles. The zero-order valence-electron chi connectivity index (χ0n) is 11.9. The molecule has 1 aromatic carbocycles. The lowest BCUT2D eigenvalue weighted by atomic mass is 9.86. The number of ether oxygens (including phenoxy) is 2. The summed E-state index contributed by atoms with van der Waals surface area (Å²) in [4.78, 5) is 0. The predicted octanol–water partition coefficient (Wildman–Crippen LogP) is 3.58. The molecule has 0 unspecified atom stereocenters. The van der Waals surface area contributed by atoms with Crippen LogP contribution in [0.3, 0.4) is 0 Å². The van der Waals surface area contributed by atoms with Crippen molar-refractivity contribution < 1.29 is 9.47 Å². The summed E-state index contributed by atoms with van der Waals surface area (Å²) in [6.07, 6.45) is 1.86. The van der Waals surface area contributed by atoms with Crippen molar-refractivity contribution in [1.82, 2.24) is 0 Å². The van der Waals surface area contributed by atoms with Crippen LogP contribution in [0.15, 0.2) is 24.3 Å². The molecule has 1 saturated heterocycles. The summed E-state index contributed by atoms with van der Waals surface area (Å²) in [6, 6.07) is 9.64. The fraction of sp³-hybridized carbons (Fsp3) is 0.562. The highest BCUT2D eigenvalue weighted by Crippen LogP contribution is 2.39. The van der Waals surface area contributed by atoms with Crippen molar-refractivity contribution in [2.75, 3.05) is 13.2 Å². The van der Waals surface area contributed by atoms with E-state index in [1.165, 1.54) is 0 Å². The van der Waals surface area contributed by atoms with Crippen LogP contribution in [0.5, 0.6) is 0 Å². The van der Waals surface area contributed by atoms with Crippen LogP contribution in [0.1, 0.15) is 44.7 Å². The second kappa shape index (κ2) is 5.32. The predicted molar refractivity (Wildman–Crippen MR) is 73.4 cm³/mol. The van der Waals surface area contributed by atoms with E-state index in [4.69, 9.17) is 14.7 Å². The molecule has 0 N–H and O–H groups in total. The second-order valence-electron chi connectivity index (χ2n) is 6.20. The van der Waals surface area contributed by atoms with Gasteiger partial charge in [-0.1, -0.05) is 32.9 Å². The molecule has 0 aromatic heterocycles. The summed E-state index contributed by atoms with van der Waals surface area (Å²) in [6.45, 7) is 7.91. The molecule has 0 spiro atoms. The summed E-state index contributed by atoms with van der Waals surface area (Å²) >= 11 is 0. The van der Waals surface area contributed by atoms with Crippen LogP contribution in [0.2, 0.25) is 0 Å². The highest BCUT2D eigenvalue weighted by Gasteiger charge is 2.39. The Labute approximate surface area is 115 Å². The third kappa shape index (κ3) is 3.34. The van der Waals surface area contributed by atoms with Gasteiger partial charge in [0.1, 0.15) is 0 Å². The number of hydrogen-bond donors (Lipinski definition) is 0. The van der Waals surface area contributed by atoms with Crippen molar-refractivity contribution in [3.8, 4) is 6.07 Å². The molecule has 0 radical (unpaired) electrons. The molecule has 1 aromatic rings. The second-order valence-corrected chi connectivity index (χ2v) is 6.20. The van der Waals surface area contributed by atoms with Crippen molar-refractivity contribution in [2.45, 2.75) is 39.4 Å². The van der Waals surface area contributed by atoms with Gasteiger partial charge in [-0.3, -0.25) is 0 Å². The molecule has 1 heterocycles. The van der Waals surface area contributed by atoms with Gasteiger partial charge in [-0.25, -0.2) is 0 Å². The van der Waals surface area contributed by atoms with Gasteiger partial charge >= 0.3 is 0 Å². The molecule has 0 bridgehead atoms. The SMILES string of the molecule is CC(C)(C)CCC1(c2ccc(C#N)cc2)OCCO1. The van der Waals surface area contributed by atoms with Gasteiger partial charge in [0.2, 0.25) is 0 Å². The first-order valence-electron chi connectivity index (χ1n) is 6.74. The molecule has 0 amide bonds. The molecule has 102 valence electrons. The van der Waals surface area contributed by atoms with Crippen LogP contribution >= 0.6 is 0 Å². The van der Waals surface area contributed by atoms with Crippen LogP contribution in [0, 0.1) is 16.7 Å². The third-order valence-corrected chi connectivity index (χ3v) is 3.41. The standard InChI is InChI=1S/C16H21NO2/c1-15(2,3)8-9-16(18-10-11-19-16)14-6-4-13(12-17)5-7-14/h4-7H,8-11H2,1-3H3. The smallest absolute Gasteiger partial charge is 0.195 e. The van der Waals surface area contributed by atoms with E-state index in [0.29, 0.717) is 18.8 Å². The van der Waals surface area contributed by atoms with E-state index in [1.54, 1.807) is 0 Å². The molecule has 1 fully saturated rings. The minimum absolute atomic E-state index is 0.245. The summed E-state index contributed by atoms with van der Waals surface area (Å²) in [5.41, 5.74) is 1.91. The largest absolute Gasteiger partial charge is 0.343 e. The Kier molecular flexibility index (Phi) is 3.93. The lowest BCUT2D eigenvalue weighted by Gasteiger charge is -2.31. The van der Waals surface area contributed by atoms with E-state index in [1.807, 2.05) is 24.3 Å². The van der Waals surface area contributed by atoms with Gasteiger partial charge in [0.05, 0.1) is 24.8 Å². The molecule has 19 heavy (non-hydrogen) atoms. The third-order valence-electron chi connectivity index (χ3n) is 3.41. The fourth-order valence-corrected chi connectivity index (χ4v) is 2.25. The lowest BCUT2D eigenvalue weighted by molar-refractivity contribution is -0.174. The summed E-state index contributed by atoms with van der Waals surface area (Å²) in [5, 5.41) is 8.86. The lowest BCUT2D eigenvalue weighted by Crippen LogP contribution is -2.28. The zero-order chi connectivity index (χ0) is 13.9. The van der Waals surface area contributed by atoms with E-state index in [2.05, 4.69) is 26.8 Å². The van der Waals surface area contributed by atoms with Crippen LogP contribution in [-0.4, -0.2) is 13.2 Å². The normalized spacial score (nSPS) is 18.2. The van der Waals surface area contributed by atoms with Gasteiger partial charge in [-0.15, -0.1) is 0 Å². The minimum Gasteiger partial charge on any atom is -0.343 e. The molecule has 3 heteroatoms. The number of rotatable bonds is 3. The summed E-state index contributed by atoms with van der Waals surface area (Å²) < 4.78 is 11.8. The molecular weight excluding hydrogens is 238 g/mol. The molecular formula is C16H21NO2. The maximum Gasteiger partial charge on any atom is 0.195 e. The van der Waals surface area contributed by atoms with Crippen LogP contribution in [0.25, 0.3) is 0 Å². The Morgan fingerprint density at radius 1 is 1.16 bits per heavy atom. The average Bonchev–Trinajstić information content (AvgIpc) is 2.86. The number of benzene rings is 1. The number of nitrogens with zero attached hydrogens (tertiary/aromatic N) is 1. The van der Waals surface area contributed by atoms with Crippen molar-refractivity contribution in [2.24, 2.45) is 5.41 Å². The Balaban J connectivity index is 2.21. The highest BCUT2D eigenvalue weighted by molar-refractivity contribution is 5.33. The number of hydrogen-bond acceptors (Lipinski definition) is 3. The van der Waals surface area contributed by atoms with Crippen molar-refractivity contribution >= 4 is 0 Å². The Morgan fingerprint density at radius 2 is 1.74 bits per heavy atom. The molecule has 1 aliphatic rings. The van der Waals surface area contributed by atoms with E-state index in [9.17, 15) is 0 Å². The number of nitriles is 1. The minimum atomic E-state index is -0.624. The molecule has 2 rings (SSSR count). The Morgan fingerprint density at radius 3 is 2.21 bits per heavy atom. The average molecular weight is 259 g/mol. The van der Waals surface area contributed by atoms with E-state index in [-0.39, 0.29) is 5.41 Å². The van der Waals surface area contributed by atoms with Gasteiger partial charge in [-0.05, 0) is 24.0 Å². The molecule has 0 atom stereocenters. The quantitative estimate of drug-likeness (QED) is 0.833. The Bertz CT molecular complexity index is 459. The first kappa shape index (κ1) is 14.0. The summed E-state index contributed by atoms with van der Waals surface area (Å²) in [7, 11) is 0.